The lowest BCUT2D eigenvalue weighted by atomic mass is 9.83. The van der Waals surface area contributed by atoms with Crippen molar-refractivity contribution in [2.24, 2.45) is 5.92 Å². The lowest BCUT2D eigenvalue weighted by Crippen LogP contribution is -2.26. The second-order valence-corrected chi connectivity index (χ2v) is 6.73. The number of nitrogens with one attached hydrogen (secondary N) is 1. The van der Waals surface area contributed by atoms with Gasteiger partial charge in [0.25, 0.3) is 5.69 Å². The topological polar surface area (TPSA) is 55.2 Å². The fourth-order valence-corrected chi connectivity index (χ4v) is 3.61. The number of halogens is 1. The van der Waals surface area contributed by atoms with Crippen LogP contribution in [0.3, 0.4) is 0 Å². The third kappa shape index (κ3) is 4.07. The van der Waals surface area contributed by atoms with Gasteiger partial charge in [0.15, 0.2) is 0 Å². The monoisotopic (exact) mass is 388 g/mol. The van der Waals surface area contributed by atoms with Crippen molar-refractivity contribution in [3.05, 3.63) is 31.9 Å². The molecule has 0 atom stereocenters. The summed E-state index contributed by atoms with van der Waals surface area (Å²) in [5, 5.41) is 14.3. The lowest BCUT2D eigenvalue weighted by molar-refractivity contribution is -0.384. The largest absolute Gasteiger partial charge is 0.381 e. The summed E-state index contributed by atoms with van der Waals surface area (Å²) >= 11 is 2.17. The van der Waals surface area contributed by atoms with Crippen molar-refractivity contribution in [2.75, 3.05) is 5.32 Å². The van der Waals surface area contributed by atoms with E-state index in [4.69, 9.17) is 0 Å². The Bertz CT molecular complexity index is 471. The molecule has 0 aliphatic heterocycles. The maximum atomic E-state index is 10.7. The first-order chi connectivity index (χ1) is 9.60. The summed E-state index contributed by atoms with van der Waals surface area (Å²) in [7, 11) is 0. The van der Waals surface area contributed by atoms with Gasteiger partial charge in [0.1, 0.15) is 0 Å². The van der Waals surface area contributed by atoms with Crippen LogP contribution >= 0.6 is 22.6 Å². The van der Waals surface area contributed by atoms with E-state index in [0.29, 0.717) is 6.04 Å². The van der Waals surface area contributed by atoms with Gasteiger partial charge < -0.3 is 5.32 Å². The van der Waals surface area contributed by atoms with Crippen molar-refractivity contribution >= 4 is 34.0 Å². The fraction of sp³-hybridized carbons (Fsp3) is 0.600. The molecule has 0 unspecified atom stereocenters. The summed E-state index contributed by atoms with van der Waals surface area (Å²) in [6, 6.07) is 5.55. The first-order valence-corrected chi connectivity index (χ1v) is 8.38. The molecule has 0 amide bonds. The Hall–Kier alpha value is -0.850. The van der Waals surface area contributed by atoms with Crippen LogP contribution in [0.2, 0.25) is 0 Å². The average molecular weight is 388 g/mol. The van der Waals surface area contributed by atoms with E-state index >= 15 is 0 Å². The number of nitro groups is 1. The number of rotatable bonds is 5. The highest BCUT2D eigenvalue weighted by Crippen LogP contribution is 2.31. The van der Waals surface area contributed by atoms with Crippen LogP contribution in [0.25, 0.3) is 0 Å². The zero-order valence-electron chi connectivity index (χ0n) is 11.8. The van der Waals surface area contributed by atoms with Crippen molar-refractivity contribution in [1.82, 2.24) is 0 Å². The van der Waals surface area contributed by atoms with Gasteiger partial charge in [-0.1, -0.05) is 19.8 Å². The molecule has 20 heavy (non-hydrogen) atoms. The number of hydrogen-bond donors (Lipinski definition) is 1. The molecule has 1 saturated carbocycles. The normalized spacial score (nSPS) is 22.5. The first kappa shape index (κ1) is 15.5. The molecule has 110 valence electrons. The molecule has 1 aromatic rings. The van der Waals surface area contributed by atoms with E-state index in [0.717, 1.165) is 15.2 Å². The summed E-state index contributed by atoms with van der Waals surface area (Å²) in [5.74, 6) is 0.897. The van der Waals surface area contributed by atoms with Gasteiger partial charge in [-0.25, -0.2) is 0 Å². The second kappa shape index (κ2) is 7.24. The molecule has 1 aromatic carbocycles. The SMILES string of the molecule is CCCC1CCC(Nc2ccc([N+](=O)[O-])cc2I)CC1. The summed E-state index contributed by atoms with van der Waals surface area (Å²) in [6.07, 6.45) is 7.64. The van der Waals surface area contributed by atoms with Crippen molar-refractivity contribution < 1.29 is 4.92 Å². The van der Waals surface area contributed by atoms with Crippen LogP contribution in [-0.2, 0) is 0 Å². The van der Waals surface area contributed by atoms with Gasteiger partial charge in [-0.2, -0.15) is 0 Å². The smallest absolute Gasteiger partial charge is 0.270 e. The highest BCUT2D eigenvalue weighted by atomic mass is 127. The summed E-state index contributed by atoms with van der Waals surface area (Å²) < 4.78 is 0.924. The average Bonchev–Trinajstić information content (AvgIpc) is 2.43. The van der Waals surface area contributed by atoms with E-state index in [1.165, 1.54) is 38.5 Å². The Labute approximate surface area is 133 Å². The molecule has 1 aliphatic carbocycles. The van der Waals surface area contributed by atoms with E-state index in [1.807, 2.05) is 6.07 Å². The molecule has 0 bridgehead atoms. The molecule has 0 radical (unpaired) electrons. The summed E-state index contributed by atoms with van der Waals surface area (Å²) in [6.45, 7) is 2.25. The number of anilines is 1. The van der Waals surface area contributed by atoms with Crippen molar-refractivity contribution in [3.8, 4) is 0 Å². The highest BCUT2D eigenvalue weighted by Gasteiger charge is 2.21. The number of non-ortho nitro benzene ring substituents is 1. The molecule has 0 spiro atoms. The standard InChI is InChI=1S/C15H21IN2O2/c1-2-3-11-4-6-12(7-5-11)17-15-9-8-13(18(19)20)10-14(15)16/h8-12,17H,2-7H2,1H3. The molecule has 4 nitrogen and oxygen atoms in total. The van der Waals surface area contributed by atoms with Crippen molar-refractivity contribution in [2.45, 2.75) is 51.5 Å². The van der Waals surface area contributed by atoms with Crippen LogP contribution in [0.5, 0.6) is 0 Å². The Morgan fingerprint density at radius 3 is 2.60 bits per heavy atom. The molecular weight excluding hydrogens is 367 g/mol. The summed E-state index contributed by atoms with van der Waals surface area (Å²) in [4.78, 5) is 10.4. The van der Waals surface area contributed by atoms with Gasteiger partial charge in [-0.3, -0.25) is 10.1 Å². The van der Waals surface area contributed by atoms with Crippen LogP contribution in [0.1, 0.15) is 45.4 Å². The van der Waals surface area contributed by atoms with E-state index in [1.54, 1.807) is 12.1 Å². The van der Waals surface area contributed by atoms with Gasteiger partial charge in [0, 0.05) is 27.4 Å². The molecule has 5 heteroatoms. The van der Waals surface area contributed by atoms with Gasteiger partial charge in [0.05, 0.1) is 4.92 Å². The fourth-order valence-electron chi connectivity index (χ4n) is 2.96. The van der Waals surface area contributed by atoms with E-state index in [-0.39, 0.29) is 10.6 Å². The molecule has 1 aliphatic rings. The molecule has 1 N–H and O–H groups in total. The molecule has 0 aromatic heterocycles. The minimum Gasteiger partial charge on any atom is -0.381 e. The van der Waals surface area contributed by atoms with E-state index in [2.05, 4.69) is 34.8 Å². The first-order valence-electron chi connectivity index (χ1n) is 7.30. The maximum Gasteiger partial charge on any atom is 0.270 e. The van der Waals surface area contributed by atoms with Gasteiger partial charge in [-0.15, -0.1) is 0 Å². The zero-order valence-corrected chi connectivity index (χ0v) is 13.9. The van der Waals surface area contributed by atoms with Crippen LogP contribution in [0.4, 0.5) is 11.4 Å². The van der Waals surface area contributed by atoms with Crippen molar-refractivity contribution in [3.63, 3.8) is 0 Å². The molecule has 1 fully saturated rings. The molecule has 0 saturated heterocycles. The maximum absolute atomic E-state index is 10.7. The quantitative estimate of drug-likeness (QED) is 0.440. The lowest BCUT2D eigenvalue weighted by Gasteiger charge is -2.29. The third-order valence-electron chi connectivity index (χ3n) is 4.07. The number of nitrogens with zero attached hydrogens (tertiary/aromatic N) is 1. The number of benzene rings is 1. The minimum atomic E-state index is -0.345. The second-order valence-electron chi connectivity index (χ2n) is 5.57. The molecule has 2 rings (SSSR count). The van der Waals surface area contributed by atoms with Crippen LogP contribution in [0, 0.1) is 19.6 Å². The number of nitro benzene ring substituents is 1. The van der Waals surface area contributed by atoms with E-state index in [9.17, 15) is 10.1 Å². The van der Waals surface area contributed by atoms with Gasteiger partial charge >= 0.3 is 0 Å². The van der Waals surface area contributed by atoms with Gasteiger partial charge in [0.2, 0.25) is 0 Å². The highest BCUT2D eigenvalue weighted by molar-refractivity contribution is 14.1. The van der Waals surface area contributed by atoms with Crippen LogP contribution in [0.15, 0.2) is 18.2 Å². The Balaban J connectivity index is 1.93. The Morgan fingerprint density at radius 2 is 2.05 bits per heavy atom. The summed E-state index contributed by atoms with van der Waals surface area (Å²) in [5.41, 5.74) is 1.18. The Morgan fingerprint density at radius 1 is 1.35 bits per heavy atom. The zero-order chi connectivity index (χ0) is 14.5. The molecule has 0 heterocycles. The van der Waals surface area contributed by atoms with Gasteiger partial charge in [-0.05, 0) is 60.3 Å². The van der Waals surface area contributed by atoms with E-state index < -0.39 is 0 Å². The Kier molecular flexibility index (Phi) is 5.63. The predicted molar refractivity (Wildman–Crippen MR) is 90.1 cm³/mol. The predicted octanol–water partition coefficient (Wildman–Crippen LogP) is 4.97. The molecular formula is C15H21IN2O2. The minimum absolute atomic E-state index is 0.159. The van der Waals surface area contributed by atoms with Crippen LogP contribution in [-0.4, -0.2) is 11.0 Å². The van der Waals surface area contributed by atoms with Crippen LogP contribution < -0.4 is 5.32 Å². The van der Waals surface area contributed by atoms with Crippen molar-refractivity contribution in [1.29, 1.82) is 0 Å². The third-order valence-corrected chi connectivity index (χ3v) is 4.96. The number of hydrogen-bond acceptors (Lipinski definition) is 3.